The first kappa shape index (κ1) is 76.9. The molecule has 0 atom stereocenters. The van der Waals surface area contributed by atoms with Crippen LogP contribution in [-0.2, 0) is 53.5 Å². The van der Waals surface area contributed by atoms with Gasteiger partial charge in [-0.05, 0) is 76.6 Å². The fourth-order valence-corrected chi connectivity index (χ4v) is 5.55. The van der Waals surface area contributed by atoms with Gasteiger partial charge in [0.15, 0.2) is 0 Å². The molecule has 4 rings (SSSR count). The number of imidazole rings is 4. The summed E-state index contributed by atoms with van der Waals surface area (Å²) in [5.41, 5.74) is 3.83. The SMILES string of the molecule is CC.CCBr.CCBr.CCn1c(C)c[n+](CC)c1C.CCn1c(C)c[n+](CC)c1C.CCn1ccnc1C.Cc1cnc(C)[nH]1.O=S(=O)(F)NS(=O)(=O)F.SI.[Br-].[F-].[K+]. The van der Waals surface area contributed by atoms with Crippen LogP contribution in [0, 0.1) is 48.5 Å². The number of nitrogens with one attached hydrogen (secondary N) is 2. The number of aromatic amines is 1. The Kier molecular flexibility index (Phi) is 60.8. The van der Waals surface area contributed by atoms with Crippen LogP contribution in [0.4, 0.5) is 7.77 Å². The van der Waals surface area contributed by atoms with E-state index in [4.69, 9.17) is 0 Å². The van der Waals surface area contributed by atoms with Crippen LogP contribution < -0.4 is 86.3 Å². The molecule has 0 aliphatic rings. The molecular weight excluding hydrogens is 1170 g/mol. The molecule has 0 spiro atoms. The topological polar surface area (TPSA) is 144 Å². The molecular formula is C35H70Br3F3IKN9O4S3+. The smallest absolute Gasteiger partial charge is 1.00 e. The third kappa shape index (κ3) is 41.1. The summed E-state index contributed by atoms with van der Waals surface area (Å²) in [5.74, 6) is 4.78. The van der Waals surface area contributed by atoms with E-state index in [2.05, 4.69) is 154 Å². The van der Waals surface area contributed by atoms with Crippen LogP contribution in [0.15, 0.2) is 31.0 Å². The normalized spacial score (nSPS) is 9.25. The molecule has 4 aromatic rings. The van der Waals surface area contributed by atoms with Gasteiger partial charge in [0.2, 0.25) is 0 Å². The van der Waals surface area contributed by atoms with Crippen LogP contribution >= 0.6 is 62.9 Å². The molecule has 346 valence electrons. The Morgan fingerprint density at radius 1 is 0.746 bits per heavy atom. The number of hydrogen-bond acceptors (Lipinski definition) is 7. The van der Waals surface area contributed by atoms with Crippen LogP contribution in [0.25, 0.3) is 0 Å². The van der Waals surface area contributed by atoms with Gasteiger partial charge in [0.25, 0.3) is 11.6 Å². The van der Waals surface area contributed by atoms with Gasteiger partial charge in [-0.25, -0.2) is 28.2 Å². The summed E-state index contributed by atoms with van der Waals surface area (Å²) in [6, 6.07) is 0. The molecule has 0 unspecified atom stereocenters. The fraction of sp³-hybridized carbons (Fsp3) is 0.657. The number of halogens is 7. The van der Waals surface area contributed by atoms with Crippen molar-refractivity contribution in [2.24, 2.45) is 0 Å². The van der Waals surface area contributed by atoms with Crippen molar-refractivity contribution in [3.05, 3.63) is 71.4 Å². The van der Waals surface area contributed by atoms with Gasteiger partial charge in [-0.2, -0.15) is 16.8 Å². The van der Waals surface area contributed by atoms with Crippen molar-refractivity contribution in [2.45, 2.75) is 144 Å². The molecule has 0 saturated heterocycles. The molecule has 0 aromatic carbocycles. The zero-order valence-corrected chi connectivity index (χ0v) is 50.6. The van der Waals surface area contributed by atoms with Gasteiger partial charge >= 0.3 is 72.2 Å². The minimum absolute atomic E-state index is 0. The molecule has 24 heteroatoms. The van der Waals surface area contributed by atoms with E-state index in [1.807, 2.05) is 88.3 Å². The van der Waals surface area contributed by atoms with Crippen molar-refractivity contribution >= 4 is 83.7 Å². The molecule has 0 aliphatic carbocycles. The molecule has 2 N–H and O–H groups in total. The van der Waals surface area contributed by atoms with Crippen molar-refractivity contribution in [1.29, 1.82) is 0 Å². The number of rotatable bonds is 7. The summed E-state index contributed by atoms with van der Waals surface area (Å²) >= 11 is 8.14. The first-order valence-corrected chi connectivity index (χ1v) is 26.4. The number of alkyl halides is 2. The van der Waals surface area contributed by atoms with Gasteiger partial charge in [0, 0.05) is 69.2 Å². The zero-order chi connectivity index (χ0) is 45.2. The van der Waals surface area contributed by atoms with Crippen LogP contribution in [0.3, 0.4) is 0 Å². The third-order valence-corrected chi connectivity index (χ3v) is 8.35. The molecule has 59 heavy (non-hydrogen) atoms. The third-order valence-electron chi connectivity index (χ3n) is 6.76. The van der Waals surface area contributed by atoms with E-state index in [1.165, 1.54) is 23.0 Å². The largest absolute Gasteiger partial charge is 1.00 e. The predicted molar refractivity (Wildman–Crippen MR) is 248 cm³/mol. The van der Waals surface area contributed by atoms with Crippen molar-refractivity contribution in [3.8, 4) is 0 Å². The second-order valence-corrected chi connectivity index (χ2v) is 15.3. The van der Waals surface area contributed by atoms with Gasteiger partial charge in [-0.15, -0.1) is 9.80 Å². The minimum Gasteiger partial charge on any atom is -1.00 e. The maximum absolute atomic E-state index is 11.1. The second kappa shape index (κ2) is 46.6. The molecule has 0 amide bonds. The molecule has 0 aliphatic heterocycles. The average molecular weight is 1240 g/mol. The molecule has 0 saturated carbocycles. The van der Waals surface area contributed by atoms with Crippen molar-refractivity contribution in [2.75, 3.05) is 10.7 Å². The number of hydrogen-bond donors (Lipinski definition) is 3. The van der Waals surface area contributed by atoms with Crippen molar-refractivity contribution in [1.82, 2.24) is 32.8 Å². The maximum Gasteiger partial charge on any atom is 1.00 e. The molecule has 0 fully saturated rings. The number of H-pyrrole nitrogens is 1. The Bertz CT molecular complexity index is 1670. The van der Waals surface area contributed by atoms with E-state index in [0.29, 0.717) is 0 Å². The maximum atomic E-state index is 11.1. The van der Waals surface area contributed by atoms with Crippen molar-refractivity contribution in [3.63, 3.8) is 0 Å². The van der Waals surface area contributed by atoms with E-state index in [0.717, 1.165) is 60.7 Å². The van der Waals surface area contributed by atoms with Gasteiger partial charge in [0.05, 0.1) is 26.2 Å². The molecule has 4 heterocycles. The average Bonchev–Trinajstić information content (AvgIpc) is 3.87. The standard InChI is InChI=1S/2C9H17N2.C6H10N2.C5H8N2.2C2H5Br.C2H6.BrH.F2HNO4S2.FH.HIS.K/c2*1-5-10-7-8(3)11(6-2)9(10)4;1-3-8-5-4-7-6(8)2;1-4-3-6-5(2)7-4;2*1-2-3;1-2;;1-8(4,5)3-9(2,6)7;;1-2;/h2*7H,5-6H2,1-4H3;4-5H,3H2,1-2H3;3H,1-2H3,(H,6,7);2*2H2,1H3;1-2H3;1H;3H;1H;2H;/q2*+1;;;;;;;;;;+1/p-2. The van der Waals surface area contributed by atoms with E-state index >= 15 is 0 Å². The Morgan fingerprint density at radius 3 is 1.19 bits per heavy atom. The number of nitrogens with zero attached hydrogens (tertiary/aromatic N) is 7. The molecule has 0 bridgehead atoms. The summed E-state index contributed by atoms with van der Waals surface area (Å²) in [5, 5.41) is 2.12. The first-order chi connectivity index (χ1) is 26.1. The minimum atomic E-state index is -5.49. The Balaban J connectivity index is -0.0000000864. The monoisotopic (exact) mass is 1240 g/mol. The molecule has 4 aromatic heterocycles. The van der Waals surface area contributed by atoms with Gasteiger partial charge in [0.1, 0.15) is 35.4 Å². The van der Waals surface area contributed by atoms with E-state index in [-0.39, 0.29) is 77.2 Å². The number of thiol groups is 1. The van der Waals surface area contributed by atoms with Crippen LogP contribution in [0.5, 0.6) is 0 Å². The van der Waals surface area contributed by atoms with Crippen LogP contribution in [0.2, 0.25) is 0 Å². The van der Waals surface area contributed by atoms with Crippen LogP contribution in [-0.4, -0.2) is 56.1 Å². The number of aryl methyl sites for hydroxylation is 8. The summed E-state index contributed by atoms with van der Waals surface area (Å²) in [7, 11) is -7.49. The summed E-state index contributed by atoms with van der Waals surface area (Å²) in [6.45, 7) is 38.8. The van der Waals surface area contributed by atoms with Gasteiger partial charge < -0.3 is 31.2 Å². The van der Waals surface area contributed by atoms with Crippen LogP contribution in [0.1, 0.15) is 103 Å². The second-order valence-electron chi connectivity index (χ2n) is 10.6. The molecule has 0 radical (unpaired) electrons. The zero-order valence-electron chi connectivity index (χ0n) is 38.0. The Labute approximate surface area is 443 Å². The van der Waals surface area contributed by atoms with Crippen molar-refractivity contribution < 1.29 is 107 Å². The number of aromatic nitrogens is 8. The molecule has 13 nitrogen and oxygen atoms in total. The van der Waals surface area contributed by atoms with Gasteiger partial charge in [-0.3, -0.25) is 0 Å². The first-order valence-electron chi connectivity index (χ1n) is 18.1. The Hall–Kier alpha value is 0.646. The van der Waals surface area contributed by atoms with E-state index in [1.54, 1.807) is 0 Å². The van der Waals surface area contributed by atoms with E-state index < -0.39 is 20.8 Å². The summed E-state index contributed by atoms with van der Waals surface area (Å²) in [4.78, 5) is 11.0. The summed E-state index contributed by atoms with van der Waals surface area (Å²) in [6.07, 6.45) is 10.0. The summed E-state index contributed by atoms with van der Waals surface area (Å²) < 4.78 is 70.6. The predicted octanol–water partition coefficient (Wildman–Crippen LogP) is 0.214. The van der Waals surface area contributed by atoms with E-state index in [9.17, 15) is 24.6 Å². The quantitative estimate of drug-likeness (QED) is 0.0604. The Morgan fingerprint density at radius 2 is 1.08 bits per heavy atom. The van der Waals surface area contributed by atoms with Gasteiger partial charge in [-0.1, -0.05) is 71.5 Å². The fourth-order valence-electron chi connectivity index (χ4n) is 4.59.